The number of amides is 1. The van der Waals surface area contributed by atoms with Crippen LogP contribution >= 0.6 is 0 Å². The third kappa shape index (κ3) is 6.43. The smallest absolute Gasteiger partial charge is 0.363 e. The third-order valence-corrected chi connectivity index (χ3v) is 7.25. The SMILES string of the molecule is Cc1ccnc(C(NCC(C)(C)NC(=O)c2cnn3c2N[C@@H](c2ccccc2)C[C@H]3C(F)(F)F)c2ccccc2)c1. The van der Waals surface area contributed by atoms with Crippen LogP contribution in [-0.2, 0) is 0 Å². The van der Waals surface area contributed by atoms with Crippen LogP contribution in [0.4, 0.5) is 19.0 Å². The van der Waals surface area contributed by atoms with E-state index in [1.165, 1.54) is 6.20 Å². The Morgan fingerprint density at radius 2 is 1.76 bits per heavy atom. The molecule has 0 aliphatic carbocycles. The van der Waals surface area contributed by atoms with E-state index in [4.69, 9.17) is 0 Å². The van der Waals surface area contributed by atoms with Crippen LogP contribution in [0.15, 0.2) is 85.2 Å². The molecule has 1 aliphatic heterocycles. The highest BCUT2D eigenvalue weighted by Crippen LogP contribution is 2.44. The van der Waals surface area contributed by atoms with Crippen molar-refractivity contribution in [2.75, 3.05) is 11.9 Å². The summed E-state index contributed by atoms with van der Waals surface area (Å²) in [6.45, 7) is 6.09. The summed E-state index contributed by atoms with van der Waals surface area (Å²) < 4.78 is 43.1. The second-order valence-electron chi connectivity index (χ2n) is 11.1. The Morgan fingerprint density at radius 1 is 1.07 bits per heavy atom. The number of carbonyl (C=O) groups is 1. The van der Waals surface area contributed by atoms with Gasteiger partial charge in [0.2, 0.25) is 0 Å². The van der Waals surface area contributed by atoms with E-state index in [0.29, 0.717) is 12.1 Å². The van der Waals surface area contributed by atoms with Crippen LogP contribution < -0.4 is 16.0 Å². The number of carbonyl (C=O) groups excluding carboxylic acids is 1. The lowest BCUT2D eigenvalue weighted by atomic mass is 9.96. The molecular formula is C31H33F3N6O. The lowest BCUT2D eigenvalue weighted by Crippen LogP contribution is -2.51. The first-order valence-electron chi connectivity index (χ1n) is 13.5. The minimum atomic E-state index is -4.52. The molecule has 3 heterocycles. The average Bonchev–Trinajstić information content (AvgIpc) is 3.37. The average molecular weight is 563 g/mol. The Bertz CT molecular complexity index is 1490. The molecule has 0 spiro atoms. The molecule has 0 saturated heterocycles. The Hall–Kier alpha value is -4.18. The molecule has 0 bridgehead atoms. The highest BCUT2D eigenvalue weighted by Gasteiger charge is 2.47. The van der Waals surface area contributed by atoms with Gasteiger partial charge in [-0.05, 0) is 49.6 Å². The second kappa shape index (κ2) is 11.4. The zero-order chi connectivity index (χ0) is 29.2. The van der Waals surface area contributed by atoms with Gasteiger partial charge in [0, 0.05) is 24.7 Å². The van der Waals surface area contributed by atoms with Crippen molar-refractivity contribution >= 4 is 11.7 Å². The quantitative estimate of drug-likeness (QED) is 0.241. The van der Waals surface area contributed by atoms with Crippen LogP contribution in [0.3, 0.4) is 0 Å². The van der Waals surface area contributed by atoms with E-state index in [2.05, 4.69) is 26.0 Å². The van der Waals surface area contributed by atoms with E-state index < -0.39 is 29.7 Å². The molecule has 1 amide bonds. The second-order valence-corrected chi connectivity index (χ2v) is 11.1. The Labute approximate surface area is 237 Å². The molecular weight excluding hydrogens is 529 g/mol. The number of nitrogens with zero attached hydrogens (tertiary/aromatic N) is 3. The molecule has 4 aromatic rings. The summed E-state index contributed by atoms with van der Waals surface area (Å²) in [5.74, 6) is -0.454. The van der Waals surface area contributed by atoms with Gasteiger partial charge in [-0.25, -0.2) is 4.68 Å². The first-order chi connectivity index (χ1) is 19.5. The number of aromatic nitrogens is 3. The van der Waals surface area contributed by atoms with Crippen molar-refractivity contribution in [3.63, 3.8) is 0 Å². The van der Waals surface area contributed by atoms with Crippen molar-refractivity contribution in [1.82, 2.24) is 25.4 Å². The standard InChI is InChI=1S/C31H33F3N6O/c1-20-14-15-35-25(16-20)27(22-12-8-5-9-13-22)36-19-30(2,3)39-29(41)23-18-37-40-26(31(32,33)34)17-24(38-28(23)40)21-10-6-4-7-11-21/h4-16,18,24,26-27,36,38H,17,19H2,1-3H3,(H,39,41)/t24-,26+,27?/m1/s1. The van der Waals surface area contributed by atoms with Crippen LogP contribution in [0.25, 0.3) is 0 Å². The Morgan fingerprint density at radius 3 is 2.41 bits per heavy atom. The van der Waals surface area contributed by atoms with Crippen molar-refractivity contribution in [2.45, 2.75) is 57.0 Å². The van der Waals surface area contributed by atoms with Crippen LogP contribution in [0.2, 0.25) is 0 Å². The molecule has 3 atom stereocenters. The molecule has 2 aromatic heterocycles. The summed E-state index contributed by atoms with van der Waals surface area (Å²) in [7, 11) is 0. The lowest BCUT2D eigenvalue weighted by Gasteiger charge is -2.34. The molecule has 1 aliphatic rings. The van der Waals surface area contributed by atoms with Crippen molar-refractivity contribution in [3.8, 4) is 0 Å². The zero-order valence-electron chi connectivity index (χ0n) is 23.1. The number of hydrogen-bond acceptors (Lipinski definition) is 5. The maximum atomic E-state index is 14.1. The Balaban J connectivity index is 1.36. The predicted molar refractivity (Wildman–Crippen MR) is 152 cm³/mol. The molecule has 3 N–H and O–H groups in total. The maximum Gasteiger partial charge on any atom is 0.410 e. The number of rotatable bonds is 8. The molecule has 0 radical (unpaired) electrons. The number of nitrogens with one attached hydrogen (secondary N) is 3. The first kappa shape index (κ1) is 28.4. The Kier molecular flexibility index (Phi) is 7.86. The highest BCUT2D eigenvalue weighted by molar-refractivity contribution is 5.99. The van der Waals surface area contributed by atoms with E-state index in [9.17, 15) is 18.0 Å². The fourth-order valence-electron chi connectivity index (χ4n) is 5.16. The molecule has 7 nitrogen and oxygen atoms in total. The number of fused-ring (bicyclic) bond motifs is 1. The number of pyridine rings is 1. The molecule has 5 rings (SSSR count). The fraction of sp³-hybridized carbons (Fsp3) is 0.323. The topological polar surface area (TPSA) is 83.9 Å². The zero-order valence-corrected chi connectivity index (χ0v) is 23.1. The predicted octanol–water partition coefficient (Wildman–Crippen LogP) is 6.13. The van der Waals surface area contributed by atoms with E-state index in [0.717, 1.165) is 21.5 Å². The highest BCUT2D eigenvalue weighted by atomic mass is 19.4. The number of halogens is 3. The molecule has 214 valence electrons. The summed E-state index contributed by atoms with van der Waals surface area (Å²) in [4.78, 5) is 18.1. The summed E-state index contributed by atoms with van der Waals surface area (Å²) >= 11 is 0. The van der Waals surface area contributed by atoms with Crippen molar-refractivity contribution in [3.05, 3.63) is 113 Å². The number of benzene rings is 2. The molecule has 10 heteroatoms. The fourth-order valence-corrected chi connectivity index (χ4v) is 5.16. The summed E-state index contributed by atoms with van der Waals surface area (Å²) in [6.07, 6.45) is -1.78. The van der Waals surface area contributed by atoms with Gasteiger partial charge in [-0.15, -0.1) is 0 Å². The monoisotopic (exact) mass is 562 g/mol. The van der Waals surface area contributed by atoms with Crippen LogP contribution in [-0.4, -0.2) is 38.9 Å². The van der Waals surface area contributed by atoms with Gasteiger partial charge in [-0.3, -0.25) is 9.78 Å². The van der Waals surface area contributed by atoms with Crippen LogP contribution in [0, 0.1) is 6.92 Å². The van der Waals surface area contributed by atoms with Crippen molar-refractivity contribution in [2.24, 2.45) is 0 Å². The molecule has 2 aromatic carbocycles. The van der Waals surface area contributed by atoms with Crippen molar-refractivity contribution < 1.29 is 18.0 Å². The van der Waals surface area contributed by atoms with Gasteiger partial charge in [-0.2, -0.15) is 18.3 Å². The molecule has 1 unspecified atom stereocenters. The number of anilines is 1. The maximum absolute atomic E-state index is 14.1. The first-order valence-corrected chi connectivity index (χ1v) is 13.5. The summed E-state index contributed by atoms with van der Waals surface area (Å²) in [5, 5.41) is 13.7. The molecule has 41 heavy (non-hydrogen) atoms. The number of alkyl halides is 3. The normalized spacial score (nSPS) is 17.8. The van der Waals surface area contributed by atoms with Crippen LogP contribution in [0.1, 0.15) is 71.1 Å². The van der Waals surface area contributed by atoms with Gasteiger partial charge < -0.3 is 16.0 Å². The van der Waals surface area contributed by atoms with Crippen LogP contribution in [0.5, 0.6) is 0 Å². The van der Waals surface area contributed by atoms with E-state index in [-0.39, 0.29) is 23.8 Å². The number of hydrogen-bond donors (Lipinski definition) is 3. The summed E-state index contributed by atoms with van der Waals surface area (Å²) in [5.41, 5.74) is 2.95. The van der Waals surface area contributed by atoms with Gasteiger partial charge in [-0.1, -0.05) is 60.7 Å². The van der Waals surface area contributed by atoms with E-state index in [1.54, 1.807) is 30.5 Å². The van der Waals surface area contributed by atoms with Gasteiger partial charge in [0.05, 0.1) is 24.0 Å². The molecule has 0 saturated carbocycles. The van der Waals surface area contributed by atoms with Gasteiger partial charge >= 0.3 is 6.18 Å². The summed E-state index contributed by atoms with van der Waals surface area (Å²) in [6, 6.07) is 20.1. The van der Waals surface area contributed by atoms with Gasteiger partial charge in [0.1, 0.15) is 11.4 Å². The third-order valence-electron chi connectivity index (χ3n) is 7.25. The van der Waals surface area contributed by atoms with Gasteiger partial charge in [0.25, 0.3) is 5.91 Å². The lowest BCUT2D eigenvalue weighted by molar-refractivity contribution is -0.173. The molecule has 0 fully saturated rings. The minimum absolute atomic E-state index is 0.0554. The van der Waals surface area contributed by atoms with Gasteiger partial charge in [0.15, 0.2) is 6.04 Å². The van der Waals surface area contributed by atoms with E-state index in [1.807, 2.05) is 69.3 Å². The largest absolute Gasteiger partial charge is 0.410 e. The van der Waals surface area contributed by atoms with E-state index >= 15 is 0 Å². The minimum Gasteiger partial charge on any atom is -0.363 e. The van der Waals surface area contributed by atoms with Crippen molar-refractivity contribution in [1.29, 1.82) is 0 Å². The number of aryl methyl sites for hydroxylation is 1.